The zero-order valence-corrected chi connectivity index (χ0v) is 14.2. The second-order valence-electron chi connectivity index (χ2n) is 5.49. The normalized spacial score (nSPS) is 10.0. The summed E-state index contributed by atoms with van der Waals surface area (Å²) in [5.74, 6) is 1.00. The second kappa shape index (κ2) is 7.39. The molecule has 0 aliphatic heterocycles. The van der Waals surface area contributed by atoms with Crippen molar-refractivity contribution in [2.75, 3.05) is 33.1 Å². The molecule has 0 radical (unpaired) electrons. The van der Waals surface area contributed by atoms with Crippen molar-refractivity contribution < 1.29 is 9.53 Å². The third-order valence-corrected chi connectivity index (χ3v) is 2.99. The molecule has 0 saturated carbocycles. The smallest absolute Gasteiger partial charge is 0.410 e. The lowest BCUT2D eigenvalue weighted by atomic mass is 9.98. The number of hydrogen-bond donors (Lipinski definition) is 0. The Hall–Kier alpha value is -1.42. The molecule has 0 N–H and O–H groups in total. The average molecular weight is 301 g/mol. The minimum atomic E-state index is -0.351. The van der Waals surface area contributed by atoms with Crippen LogP contribution in [0.1, 0.15) is 30.9 Å². The third kappa shape index (κ3) is 4.30. The molecule has 0 unspecified atom stereocenters. The fourth-order valence-corrected chi connectivity index (χ4v) is 1.83. The van der Waals surface area contributed by atoms with Crippen LogP contribution < -0.4 is 9.64 Å². The molecular weight excluding hydrogens is 276 g/mol. The number of anilines is 1. The van der Waals surface area contributed by atoms with Gasteiger partial charge in [-0.2, -0.15) is 0 Å². The quantitative estimate of drug-likeness (QED) is 0.854. The minimum absolute atomic E-state index is 0. The van der Waals surface area contributed by atoms with Crippen LogP contribution in [0.3, 0.4) is 0 Å². The number of nitrogens with zero attached hydrogens (tertiary/aromatic N) is 2. The van der Waals surface area contributed by atoms with Crippen LogP contribution in [0.5, 0.6) is 5.75 Å². The first kappa shape index (κ1) is 18.6. The van der Waals surface area contributed by atoms with Crippen LogP contribution in [0, 0.1) is 6.92 Å². The van der Waals surface area contributed by atoms with Crippen molar-refractivity contribution in [3.63, 3.8) is 0 Å². The zero-order valence-electron chi connectivity index (χ0n) is 13.4. The van der Waals surface area contributed by atoms with Crippen LogP contribution in [0.15, 0.2) is 12.1 Å². The molecule has 5 heteroatoms. The Morgan fingerprint density at radius 2 is 1.70 bits per heavy atom. The van der Waals surface area contributed by atoms with E-state index in [4.69, 9.17) is 4.74 Å². The fourth-order valence-electron chi connectivity index (χ4n) is 1.83. The van der Waals surface area contributed by atoms with Gasteiger partial charge in [0.1, 0.15) is 5.75 Å². The summed E-state index contributed by atoms with van der Waals surface area (Å²) < 4.78 is 5.40. The molecule has 4 nitrogen and oxygen atoms in total. The SMILES string of the molecule is Cc1cc(N(C)C)c(C(C)C)cc1OC(=O)N(C)C.Cl. The molecule has 1 rings (SSSR count). The molecule has 0 spiro atoms. The summed E-state index contributed by atoms with van der Waals surface area (Å²) in [6, 6.07) is 4.03. The predicted octanol–water partition coefficient (Wildman–Crippen LogP) is 3.67. The van der Waals surface area contributed by atoms with E-state index in [1.807, 2.05) is 27.1 Å². The number of amides is 1. The van der Waals surface area contributed by atoms with Crippen molar-refractivity contribution in [1.29, 1.82) is 0 Å². The molecule has 0 heterocycles. The standard InChI is InChI=1S/C15H24N2O2.ClH/c1-10(2)12-9-14(19-15(18)17(6)7)11(3)8-13(12)16(4)5;/h8-10H,1-7H3;1H. The first-order valence-electron chi connectivity index (χ1n) is 6.45. The zero-order chi connectivity index (χ0) is 14.7. The highest BCUT2D eigenvalue weighted by Gasteiger charge is 2.15. The Balaban J connectivity index is 0.00000361. The van der Waals surface area contributed by atoms with E-state index in [1.54, 1.807) is 14.1 Å². The van der Waals surface area contributed by atoms with Crippen LogP contribution in [-0.4, -0.2) is 39.2 Å². The Bertz CT molecular complexity index is 471. The lowest BCUT2D eigenvalue weighted by molar-refractivity contribution is 0.171. The van der Waals surface area contributed by atoms with Gasteiger partial charge in [-0.25, -0.2) is 4.79 Å². The third-order valence-electron chi connectivity index (χ3n) is 2.99. The maximum absolute atomic E-state index is 11.7. The van der Waals surface area contributed by atoms with E-state index in [0.29, 0.717) is 11.7 Å². The number of aryl methyl sites for hydroxylation is 1. The van der Waals surface area contributed by atoms with Gasteiger partial charge in [-0.3, -0.25) is 0 Å². The van der Waals surface area contributed by atoms with Crippen molar-refractivity contribution >= 4 is 24.2 Å². The van der Waals surface area contributed by atoms with Gasteiger partial charge in [0.05, 0.1) is 0 Å². The van der Waals surface area contributed by atoms with E-state index in [-0.39, 0.29) is 18.5 Å². The molecule has 0 bridgehead atoms. The minimum Gasteiger partial charge on any atom is -0.410 e. The van der Waals surface area contributed by atoms with Crippen LogP contribution in [0.25, 0.3) is 0 Å². The Morgan fingerprint density at radius 3 is 2.10 bits per heavy atom. The molecule has 0 aliphatic carbocycles. The van der Waals surface area contributed by atoms with E-state index >= 15 is 0 Å². The molecule has 114 valence electrons. The Morgan fingerprint density at radius 1 is 1.15 bits per heavy atom. The molecule has 0 saturated heterocycles. The molecule has 0 fully saturated rings. The highest BCUT2D eigenvalue weighted by atomic mass is 35.5. The van der Waals surface area contributed by atoms with Crippen molar-refractivity contribution in [2.45, 2.75) is 26.7 Å². The number of rotatable bonds is 3. The number of carbonyl (C=O) groups is 1. The maximum atomic E-state index is 11.7. The lowest BCUT2D eigenvalue weighted by Crippen LogP contribution is -2.25. The van der Waals surface area contributed by atoms with E-state index in [1.165, 1.54) is 10.5 Å². The van der Waals surface area contributed by atoms with Crippen LogP contribution in [0.4, 0.5) is 10.5 Å². The Kier molecular flexibility index (Phi) is 6.86. The number of hydrogen-bond acceptors (Lipinski definition) is 3. The van der Waals surface area contributed by atoms with Crippen LogP contribution in [-0.2, 0) is 0 Å². The van der Waals surface area contributed by atoms with E-state index in [0.717, 1.165) is 11.3 Å². The largest absolute Gasteiger partial charge is 0.414 e. The average Bonchev–Trinajstić information content (AvgIpc) is 2.30. The maximum Gasteiger partial charge on any atom is 0.414 e. The summed E-state index contributed by atoms with van der Waals surface area (Å²) in [4.78, 5) is 15.2. The van der Waals surface area contributed by atoms with Gasteiger partial charge in [0.15, 0.2) is 0 Å². The molecule has 1 amide bonds. The topological polar surface area (TPSA) is 32.8 Å². The molecule has 0 aliphatic rings. The van der Waals surface area contributed by atoms with Crippen molar-refractivity contribution in [3.8, 4) is 5.75 Å². The molecular formula is C15H25ClN2O2. The van der Waals surface area contributed by atoms with E-state index < -0.39 is 0 Å². The number of ether oxygens (including phenoxy) is 1. The number of halogens is 1. The molecule has 1 aromatic rings. The summed E-state index contributed by atoms with van der Waals surface area (Å²) in [6.45, 7) is 6.22. The highest BCUT2D eigenvalue weighted by molar-refractivity contribution is 5.85. The fraction of sp³-hybridized carbons (Fsp3) is 0.533. The van der Waals surface area contributed by atoms with Gasteiger partial charge in [0.25, 0.3) is 0 Å². The van der Waals surface area contributed by atoms with E-state index in [9.17, 15) is 4.79 Å². The summed E-state index contributed by atoms with van der Waals surface area (Å²) >= 11 is 0. The molecule has 20 heavy (non-hydrogen) atoms. The van der Waals surface area contributed by atoms with Crippen molar-refractivity contribution in [2.24, 2.45) is 0 Å². The molecule has 0 atom stereocenters. The molecule has 0 aromatic heterocycles. The van der Waals surface area contributed by atoms with Gasteiger partial charge in [0, 0.05) is 33.9 Å². The Labute approximate surface area is 128 Å². The van der Waals surface area contributed by atoms with Crippen LogP contribution in [0.2, 0.25) is 0 Å². The van der Waals surface area contributed by atoms with Gasteiger partial charge in [-0.15, -0.1) is 12.4 Å². The van der Waals surface area contributed by atoms with Crippen molar-refractivity contribution in [3.05, 3.63) is 23.3 Å². The van der Waals surface area contributed by atoms with Gasteiger partial charge >= 0.3 is 6.09 Å². The second-order valence-corrected chi connectivity index (χ2v) is 5.49. The van der Waals surface area contributed by atoms with Gasteiger partial charge in [-0.1, -0.05) is 13.8 Å². The lowest BCUT2D eigenvalue weighted by Gasteiger charge is -2.22. The molecule has 1 aromatic carbocycles. The van der Waals surface area contributed by atoms with Gasteiger partial charge < -0.3 is 14.5 Å². The highest BCUT2D eigenvalue weighted by Crippen LogP contribution is 2.33. The summed E-state index contributed by atoms with van der Waals surface area (Å²) in [6.07, 6.45) is -0.351. The summed E-state index contributed by atoms with van der Waals surface area (Å²) in [5.41, 5.74) is 3.30. The predicted molar refractivity (Wildman–Crippen MR) is 86.6 cm³/mol. The number of benzene rings is 1. The first-order chi connectivity index (χ1) is 8.73. The van der Waals surface area contributed by atoms with Crippen molar-refractivity contribution in [1.82, 2.24) is 4.90 Å². The van der Waals surface area contributed by atoms with Gasteiger partial charge in [0.2, 0.25) is 0 Å². The first-order valence-corrected chi connectivity index (χ1v) is 6.45. The van der Waals surface area contributed by atoms with Crippen LogP contribution >= 0.6 is 12.4 Å². The number of carbonyl (C=O) groups excluding carboxylic acids is 1. The van der Waals surface area contributed by atoms with E-state index in [2.05, 4.69) is 24.8 Å². The summed E-state index contributed by atoms with van der Waals surface area (Å²) in [7, 11) is 7.39. The summed E-state index contributed by atoms with van der Waals surface area (Å²) in [5, 5.41) is 0. The van der Waals surface area contributed by atoms with Gasteiger partial charge in [-0.05, 0) is 36.1 Å². The monoisotopic (exact) mass is 300 g/mol.